The summed E-state index contributed by atoms with van der Waals surface area (Å²) in [6.45, 7) is 7.29. The molecule has 0 bridgehead atoms. The summed E-state index contributed by atoms with van der Waals surface area (Å²) in [5.74, 6) is 1.38. The van der Waals surface area contributed by atoms with Gasteiger partial charge in [-0.25, -0.2) is 0 Å². The molecule has 1 unspecified atom stereocenters. The zero-order valence-corrected chi connectivity index (χ0v) is 16.2. The number of hydrogen-bond acceptors (Lipinski definition) is 3. The van der Waals surface area contributed by atoms with Crippen LogP contribution in [0, 0.1) is 5.92 Å². The Morgan fingerprint density at radius 3 is 2.85 bits per heavy atom. The summed E-state index contributed by atoms with van der Waals surface area (Å²) in [5, 5.41) is 9.56. The fourth-order valence-corrected chi connectivity index (χ4v) is 2.82. The maximum atomic E-state index is 12.3. The van der Waals surface area contributed by atoms with Crippen LogP contribution in [-0.2, 0) is 11.3 Å². The van der Waals surface area contributed by atoms with Crippen molar-refractivity contribution < 1.29 is 9.53 Å². The van der Waals surface area contributed by atoms with E-state index in [-0.39, 0.29) is 12.0 Å². The van der Waals surface area contributed by atoms with Crippen molar-refractivity contribution >= 4 is 11.9 Å². The van der Waals surface area contributed by atoms with Gasteiger partial charge in [-0.3, -0.25) is 9.79 Å². The van der Waals surface area contributed by atoms with E-state index in [1.807, 2.05) is 24.3 Å². The number of carbonyl (C=O) groups is 1. The molecule has 1 aliphatic rings. The first-order chi connectivity index (χ1) is 12.6. The van der Waals surface area contributed by atoms with Gasteiger partial charge < -0.3 is 20.7 Å². The van der Waals surface area contributed by atoms with E-state index in [2.05, 4.69) is 34.8 Å². The Morgan fingerprint density at radius 2 is 2.15 bits per heavy atom. The van der Waals surface area contributed by atoms with Crippen LogP contribution in [0.15, 0.2) is 29.3 Å². The first-order valence-electron chi connectivity index (χ1n) is 9.51. The smallest absolute Gasteiger partial charge is 0.251 e. The van der Waals surface area contributed by atoms with Gasteiger partial charge in [-0.1, -0.05) is 26.0 Å². The number of aliphatic imine (C=N–C) groups is 1. The first-order valence-corrected chi connectivity index (χ1v) is 9.51. The first kappa shape index (κ1) is 20.2. The molecule has 1 heterocycles. The topological polar surface area (TPSA) is 74.8 Å². The number of carbonyl (C=O) groups excluding carboxylic acids is 1. The second-order valence-electron chi connectivity index (χ2n) is 7.08. The van der Waals surface area contributed by atoms with Crippen molar-refractivity contribution in [2.45, 2.75) is 45.8 Å². The van der Waals surface area contributed by atoms with Crippen LogP contribution < -0.4 is 16.0 Å². The number of nitrogens with zero attached hydrogens (tertiary/aromatic N) is 1. The second kappa shape index (κ2) is 10.8. The minimum Gasteiger partial charge on any atom is -0.376 e. The SMILES string of the molecule is CN=C(NCCC(C)C)NCc1cccc(C(=O)NCC2CCCO2)c1. The Balaban J connectivity index is 1.80. The van der Waals surface area contributed by atoms with Crippen LogP contribution in [0.25, 0.3) is 0 Å². The van der Waals surface area contributed by atoms with Gasteiger partial charge in [0.05, 0.1) is 6.10 Å². The fourth-order valence-electron chi connectivity index (χ4n) is 2.82. The minimum atomic E-state index is -0.0539. The molecular weight excluding hydrogens is 328 g/mol. The van der Waals surface area contributed by atoms with Crippen LogP contribution >= 0.6 is 0 Å². The molecule has 3 N–H and O–H groups in total. The number of nitrogens with one attached hydrogen (secondary N) is 3. The van der Waals surface area contributed by atoms with Gasteiger partial charge in [0.25, 0.3) is 5.91 Å². The quantitative estimate of drug-likeness (QED) is 0.491. The standard InChI is InChI=1S/C20H32N4O2/c1-15(2)9-10-22-20(21-3)24-13-16-6-4-7-17(12-16)19(25)23-14-18-8-5-11-26-18/h4,6-7,12,15,18H,5,8-11,13-14H2,1-3H3,(H,23,25)(H2,21,22,24). The highest BCUT2D eigenvalue weighted by Gasteiger charge is 2.16. The number of benzene rings is 1. The summed E-state index contributed by atoms with van der Waals surface area (Å²) in [6, 6.07) is 7.67. The largest absolute Gasteiger partial charge is 0.376 e. The van der Waals surface area contributed by atoms with E-state index in [1.54, 1.807) is 7.05 Å². The van der Waals surface area contributed by atoms with Crippen molar-refractivity contribution in [1.29, 1.82) is 0 Å². The Hall–Kier alpha value is -2.08. The van der Waals surface area contributed by atoms with E-state index < -0.39 is 0 Å². The summed E-state index contributed by atoms with van der Waals surface area (Å²) in [6.07, 6.45) is 3.35. The lowest BCUT2D eigenvalue weighted by Gasteiger charge is -2.14. The molecule has 0 saturated carbocycles. The number of amides is 1. The van der Waals surface area contributed by atoms with E-state index in [0.29, 0.717) is 24.6 Å². The van der Waals surface area contributed by atoms with Gasteiger partial charge >= 0.3 is 0 Å². The number of rotatable bonds is 8. The molecule has 6 nitrogen and oxygen atoms in total. The maximum Gasteiger partial charge on any atom is 0.251 e. The lowest BCUT2D eigenvalue weighted by Crippen LogP contribution is -2.37. The number of guanidine groups is 1. The van der Waals surface area contributed by atoms with Crippen LogP contribution in [0.2, 0.25) is 0 Å². The normalized spacial score (nSPS) is 17.4. The van der Waals surface area contributed by atoms with Gasteiger partial charge in [0.2, 0.25) is 0 Å². The van der Waals surface area contributed by atoms with Gasteiger partial charge in [-0.2, -0.15) is 0 Å². The Bertz CT molecular complexity index is 595. The van der Waals surface area contributed by atoms with Crippen LogP contribution in [-0.4, -0.2) is 44.7 Å². The third-order valence-electron chi connectivity index (χ3n) is 4.40. The molecule has 0 aromatic heterocycles. The lowest BCUT2D eigenvalue weighted by atomic mass is 10.1. The molecule has 1 fully saturated rings. The molecule has 0 radical (unpaired) electrons. The molecule has 6 heteroatoms. The van der Waals surface area contributed by atoms with Crippen LogP contribution in [0.3, 0.4) is 0 Å². The minimum absolute atomic E-state index is 0.0539. The maximum absolute atomic E-state index is 12.3. The van der Waals surface area contributed by atoms with E-state index in [4.69, 9.17) is 4.74 Å². The highest BCUT2D eigenvalue weighted by atomic mass is 16.5. The molecule has 0 spiro atoms. The molecule has 1 amide bonds. The van der Waals surface area contributed by atoms with E-state index in [0.717, 1.165) is 43.9 Å². The lowest BCUT2D eigenvalue weighted by molar-refractivity contribution is 0.0857. The highest BCUT2D eigenvalue weighted by molar-refractivity contribution is 5.94. The van der Waals surface area contributed by atoms with Gasteiger partial charge in [0.15, 0.2) is 5.96 Å². The van der Waals surface area contributed by atoms with Crippen molar-refractivity contribution in [3.63, 3.8) is 0 Å². The third-order valence-corrected chi connectivity index (χ3v) is 4.40. The highest BCUT2D eigenvalue weighted by Crippen LogP contribution is 2.11. The average Bonchev–Trinajstić information content (AvgIpc) is 3.16. The molecular formula is C20H32N4O2. The molecule has 2 rings (SSSR count). The van der Waals surface area contributed by atoms with E-state index >= 15 is 0 Å². The molecule has 0 aliphatic carbocycles. The zero-order valence-electron chi connectivity index (χ0n) is 16.2. The molecule has 1 aromatic carbocycles. The van der Waals surface area contributed by atoms with Gasteiger partial charge in [0, 0.05) is 38.9 Å². The van der Waals surface area contributed by atoms with Crippen LogP contribution in [0.5, 0.6) is 0 Å². The summed E-state index contributed by atoms with van der Waals surface area (Å²) in [7, 11) is 1.76. The van der Waals surface area contributed by atoms with Crippen LogP contribution in [0.1, 0.15) is 49.0 Å². The Morgan fingerprint density at radius 1 is 1.31 bits per heavy atom. The molecule has 1 atom stereocenters. The molecule has 1 aliphatic heterocycles. The summed E-state index contributed by atoms with van der Waals surface area (Å²) < 4.78 is 5.54. The zero-order chi connectivity index (χ0) is 18.8. The number of ether oxygens (including phenoxy) is 1. The third kappa shape index (κ3) is 7.04. The summed E-state index contributed by atoms with van der Waals surface area (Å²) in [5.41, 5.74) is 1.71. The second-order valence-corrected chi connectivity index (χ2v) is 7.08. The summed E-state index contributed by atoms with van der Waals surface area (Å²) in [4.78, 5) is 16.6. The summed E-state index contributed by atoms with van der Waals surface area (Å²) >= 11 is 0. The van der Waals surface area contributed by atoms with Gasteiger partial charge in [-0.05, 0) is 42.9 Å². The van der Waals surface area contributed by atoms with Crippen molar-refractivity contribution in [2.75, 3.05) is 26.7 Å². The Kier molecular flexibility index (Phi) is 8.41. The van der Waals surface area contributed by atoms with Crippen molar-refractivity contribution in [1.82, 2.24) is 16.0 Å². The predicted octanol–water partition coefficient (Wildman–Crippen LogP) is 2.31. The van der Waals surface area contributed by atoms with Gasteiger partial charge in [0.1, 0.15) is 0 Å². The van der Waals surface area contributed by atoms with E-state index in [1.165, 1.54) is 0 Å². The fraction of sp³-hybridized carbons (Fsp3) is 0.600. The Labute approximate surface area is 156 Å². The number of hydrogen-bond donors (Lipinski definition) is 3. The van der Waals surface area contributed by atoms with Crippen molar-refractivity contribution in [3.8, 4) is 0 Å². The monoisotopic (exact) mass is 360 g/mol. The molecule has 1 saturated heterocycles. The van der Waals surface area contributed by atoms with Crippen LogP contribution in [0.4, 0.5) is 0 Å². The van der Waals surface area contributed by atoms with E-state index in [9.17, 15) is 4.79 Å². The predicted molar refractivity (Wildman–Crippen MR) is 105 cm³/mol. The molecule has 1 aromatic rings. The average molecular weight is 361 g/mol. The van der Waals surface area contributed by atoms with Crippen molar-refractivity contribution in [3.05, 3.63) is 35.4 Å². The molecule has 144 valence electrons. The molecule has 26 heavy (non-hydrogen) atoms. The van der Waals surface area contributed by atoms with Crippen molar-refractivity contribution in [2.24, 2.45) is 10.9 Å². The van der Waals surface area contributed by atoms with Gasteiger partial charge in [-0.15, -0.1) is 0 Å².